The van der Waals surface area contributed by atoms with Gasteiger partial charge in [0.15, 0.2) is 0 Å². The van der Waals surface area contributed by atoms with Crippen LogP contribution in [0.5, 0.6) is 0 Å². The second-order valence-electron chi connectivity index (χ2n) is 5.37. The molecule has 0 aliphatic heterocycles. The fourth-order valence-electron chi connectivity index (χ4n) is 2.75. The molecule has 1 aliphatic rings. The van der Waals surface area contributed by atoms with Crippen molar-refractivity contribution in [1.82, 2.24) is 0 Å². The van der Waals surface area contributed by atoms with Gasteiger partial charge in [-0.2, -0.15) is 0 Å². The molecule has 2 nitrogen and oxygen atoms in total. The standard InChI is InChI=1S/C16H24FNO/c1-2-13-4-3-5-16(12-13)19-11-10-18-15-8-6-14(17)7-9-15/h6-9,13,16,18H,2-5,10-12H2,1H3. The highest BCUT2D eigenvalue weighted by Crippen LogP contribution is 2.28. The molecule has 1 aliphatic carbocycles. The number of halogens is 1. The zero-order valence-corrected chi connectivity index (χ0v) is 11.7. The molecular weight excluding hydrogens is 241 g/mol. The van der Waals surface area contributed by atoms with E-state index >= 15 is 0 Å². The van der Waals surface area contributed by atoms with Crippen molar-refractivity contribution in [3.63, 3.8) is 0 Å². The van der Waals surface area contributed by atoms with Gasteiger partial charge in [0.1, 0.15) is 5.82 Å². The molecule has 1 aromatic carbocycles. The van der Waals surface area contributed by atoms with Crippen LogP contribution < -0.4 is 5.32 Å². The predicted octanol–water partition coefficient (Wildman–Crippen LogP) is 4.22. The molecule has 0 spiro atoms. The fraction of sp³-hybridized carbons (Fsp3) is 0.625. The number of ether oxygens (including phenoxy) is 1. The Balaban J connectivity index is 1.62. The quantitative estimate of drug-likeness (QED) is 0.777. The molecule has 1 aromatic rings. The number of hydrogen-bond acceptors (Lipinski definition) is 2. The van der Waals surface area contributed by atoms with Crippen molar-refractivity contribution in [3.8, 4) is 0 Å². The molecule has 2 rings (SSSR count). The van der Waals surface area contributed by atoms with E-state index in [2.05, 4.69) is 12.2 Å². The molecule has 0 radical (unpaired) electrons. The third kappa shape index (κ3) is 4.83. The van der Waals surface area contributed by atoms with Crippen LogP contribution >= 0.6 is 0 Å². The van der Waals surface area contributed by atoms with Gasteiger partial charge in [-0.1, -0.05) is 26.2 Å². The van der Waals surface area contributed by atoms with Crippen LogP contribution in [0, 0.1) is 11.7 Å². The van der Waals surface area contributed by atoms with Gasteiger partial charge in [-0.3, -0.25) is 0 Å². The first-order valence-electron chi connectivity index (χ1n) is 7.39. The van der Waals surface area contributed by atoms with E-state index in [0.29, 0.717) is 6.10 Å². The van der Waals surface area contributed by atoms with Crippen molar-refractivity contribution >= 4 is 5.69 Å². The Kier molecular flexibility index (Phi) is 5.64. The molecule has 3 heteroatoms. The zero-order valence-electron chi connectivity index (χ0n) is 11.7. The highest BCUT2D eigenvalue weighted by atomic mass is 19.1. The Labute approximate surface area is 115 Å². The van der Waals surface area contributed by atoms with Gasteiger partial charge in [0.05, 0.1) is 12.7 Å². The van der Waals surface area contributed by atoms with Gasteiger partial charge >= 0.3 is 0 Å². The van der Waals surface area contributed by atoms with Crippen LogP contribution in [-0.2, 0) is 4.74 Å². The maximum Gasteiger partial charge on any atom is 0.123 e. The average molecular weight is 265 g/mol. The van der Waals surface area contributed by atoms with E-state index in [-0.39, 0.29) is 5.82 Å². The van der Waals surface area contributed by atoms with Crippen LogP contribution in [0.4, 0.5) is 10.1 Å². The first-order chi connectivity index (χ1) is 9.28. The average Bonchev–Trinajstić information content (AvgIpc) is 2.46. The van der Waals surface area contributed by atoms with Gasteiger partial charge in [0.25, 0.3) is 0 Å². The summed E-state index contributed by atoms with van der Waals surface area (Å²) in [5.74, 6) is 0.651. The second kappa shape index (κ2) is 7.49. The number of rotatable bonds is 6. The lowest BCUT2D eigenvalue weighted by Crippen LogP contribution is -2.24. The Bertz CT molecular complexity index is 366. The molecule has 0 heterocycles. The molecule has 106 valence electrons. The van der Waals surface area contributed by atoms with E-state index in [1.807, 2.05) is 0 Å². The lowest BCUT2D eigenvalue weighted by Gasteiger charge is -2.28. The van der Waals surface area contributed by atoms with Crippen molar-refractivity contribution in [2.24, 2.45) is 5.92 Å². The van der Waals surface area contributed by atoms with E-state index < -0.39 is 0 Å². The topological polar surface area (TPSA) is 21.3 Å². The maximum atomic E-state index is 12.7. The highest BCUT2D eigenvalue weighted by molar-refractivity contribution is 5.42. The van der Waals surface area contributed by atoms with E-state index in [1.54, 1.807) is 12.1 Å². The molecule has 1 saturated carbocycles. The van der Waals surface area contributed by atoms with Crippen LogP contribution in [0.2, 0.25) is 0 Å². The molecular formula is C16H24FNO. The van der Waals surface area contributed by atoms with Gasteiger partial charge < -0.3 is 10.1 Å². The molecule has 2 unspecified atom stereocenters. The van der Waals surface area contributed by atoms with Gasteiger partial charge in [0, 0.05) is 12.2 Å². The van der Waals surface area contributed by atoms with Crippen molar-refractivity contribution in [2.75, 3.05) is 18.5 Å². The Morgan fingerprint density at radius 3 is 2.79 bits per heavy atom. The van der Waals surface area contributed by atoms with Gasteiger partial charge in [-0.25, -0.2) is 4.39 Å². The predicted molar refractivity (Wildman–Crippen MR) is 76.9 cm³/mol. The first kappa shape index (κ1) is 14.3. The molecule has 19 heavy (non-hydrogen) atoms. The molecule has 1 N–H and O–H groups in total. The van der Waals surface area contributed by atoms with E-state index in [9.17, 15) is 4.39 Å². The van der Waals surface area contributed by atoms with Gasteiger partial charge in [-0.05, 0) is 43.0 Å². The lowest BCUT2D eigenvalue weighted by atomic mass is 9.85. The molecule has 0 aromatic heterocycles. The summed E-state index contributed by atoms with van der Waals surface area (Å²) in [6, 6.07) is 6.44. The molecule has 2 atom stereocenters. The number of nitrogens with one attached hydrogen (secondary N) is 1. The van der Waals surface area contributed by atoms with E-state index in [1.165, 1.54) is 44.2 Å². The number of anilines is 1. The maximum absolute atomic E-state index is 12.7. The summed E-state index contributed by atoms with van der Waals surface area (Å²) in [4.78, 5) is 0. The van der Waals surface area contributed by atoms with Crippen molar-refractivity contribution in [1.29, 1.82) is 0 Å². The summed E-state index contributed by atoms with van der Waals surface area (Å²) < 4.78 is 18.7. The van der Waals surface area contributed by atoms with Gasteiger partial charge in [0.2, 0.25) is 0 Å². The Morgan fingerprint density at radius 2 is 2.05 bits per heavy atom. The number of hydrogen-bond donors (Lipinski definition) is 1. The van der Waals surface area contributed by atoms with Crippen molar-refractivity contribution < 1.29 is 9.13 Å². The zero-order chi connectivity index (χ0) is 13.5. The normalized spacial score (nSPS) is 23.3. The summed E-state index contributed by atoms with van der Waals surface area (Å²) >= 11 is 0. The lowest BCUT2D eigenvalue weighted by molar-refractivity contribution is 0.0181. The molecule has 0 amide bonds. The summed E-state index contributed by atoms with van der Waals surface area (Å²) in [6.45, 7) is 3.76. The van der Waals surface area contributed by atoms with Crippen LogP contribution in [0.1, 0.15) is 39.0 Å². The van der Waals surface area contributed by atoms with Gasteiger partial charge in [-0.15, -0.1) is 0 Å². The van der Waals surface area contributed by atoms with Crippen LogP contribution in [0.15, 0.2) is 24.3 Å². The largest absolute Gasteiger partial charge is 0.383 e. The fourth-order valence-corrected chi connectivity index (χ4v) is 2.75. The minimum atomic E-state index is -0.199. The summed E-state index contributed by atoms with van der Waals surface area (Å²) in [5, 5.41) is 3.24. The van der Waals surface area contributed by atoms with E-state index in [0.717, 1.165) is 24.8 Å². The SMILES string of the molecule is CCC1CCCC(OCCNc2ccc(F)cc2)C1. The Hall–Kier alpha value is -1.09. The third-order valence-corrected chi connectivity index (χ3v) is 3.94. The van der Waals surface area contributed by atoms with E-state index in [4.69, 9.17) is 4.74 Å². The van der Waals surface area contributed by atoms with Crippen molar-refractivity contribution in [2.45, 2.75) is 45.1 Å². The Morgan fingerprint density at radius 1 is 1.26 bits per heavy atom. The minimum absolute atomic E-state index is 0.199. The number of benzene rings is 1. The summed E-state index contributed by atoms with van der Waals surface area (Å²) in [5.41, 5.74) is 0.945. The third-order valence-electron chi connectivity index (χ3n) is 3.94. The summed E-state index contributed by atoms with van der Waals surface area (Å²) in [7, 11) is 0. The van der Waals surface area contributed by atoms with Crippen molar-refractivity contribution in [3.05, 3.63) is 30.1 Å². The molecule has 1 fully saturated rings. The van der Waals surface area contributed by atoms with Crippen LogP contribution in [0.25, 0.3) is 0 Å². The summed E-state index contributed by atoms with van der Waals surface area (Å²) in [6.07, 6.45) is 6.79. The minimum Gasteiger partial charge on any atom is -0.383 e. The van der Waals surface area contributed by atoms with Crippen LogP contribution in [-0.4, -0.2) is 19.3 Å². The molecule has 0 bridgehead atoms. The molecule has 0 saturated heterocycles. The highest BCUT2D eigenvalue weighted by Gasteiger charge is 2.20. The monoisotopic (exact) mass is 265 g/mol. The second-order valence-corrected chi connectivity index (χ2v) is 5.37. The smallest absolute Gasteiger partial charge is 0.123 e. The first-order valence-corrected chi connectivity index (χ1v) is 7.39. The van der Waals surface area contributed by atoms with Crippen LogP contribution in [0.3, 0.4) is 0 Å².